The molecular formula is C18H18Cl2N2O2. The fraction of sp³-hybridized carbons (Fsp3) is 0.333. The van der Waals surface area contributed by atoms with Gasteiger partial charge in [0.05, 0.1) is 24.7 Å². The fourth-order valence-corrected chi connectivity index (χ4v) is 3.32. The van der Waals surface area contributed by atoms with Gasteiger partial charge < -0.3 is 10.1 Å². The Morgan fingerprint density at radius 1 is 1.38 bits per heavy atom. The van der Waals surface area contributed by atoms with Crippen LogP contribution in [-0.2, 0) is 9.53 Å². The van der Waals surface area contributed by atoms with Crippen LogP contribution in [0.1, 0.15) is 38.7 Å². The molecule has 2 rings (SSSR count). The Morgan fingerprint density at radius 2 is 2.08 bits per heavy atom. The Labute approximate surface area is 151 Å². The predicted octanol–water partition coefficient (Wildman–Crippen LogP) is 5.06. The van der Waals surface area contributed by atoms with Crippen molar-refractivity contribution in [3.63, 3.8) is 0 Å². The number of hydrogen-bond donors (Lipinski definition) is 1. The second kappa shape index (κ2) is 7.74. The van der Waals surface area contributed by atoms with Crippen molar-refractivity contribution in [2.24, 2.45) is 0 Å². The highest BCUT2D eigenvalue weighted by atomic mass is 35.5. The van der Waals surface area contributed by atoms with Gasteiger partial charge >= 0.3 is 5.97 Å². The van der Waals surface area contributed by atoms with Crippen LogP contribution in [0.3, 0.4) is 0 Å². The first-order valence-corrected chi connectivity index (χ1v) is 8.40. The summed E-state index contributed by atoms with van der Waals surface area (Å²) in [5.74, 6) is -1.01. The van der Waals surface area contributed by atoms with Crippen LogP contribution in [-0.4, -0.2) is 12.6 Å². The minimum absolute atomic E-state index is 0.260. The van der Waals surface area contributed by atoms with Crippen LogP contribution >= 0.6 is 23.2 Å². The summed E-state index contributed by atoms with van der Waals surface area (Å²) in [6, 6.07) is 5.08. The zero-order chi connectivity index (χ0) is 17.9. The maximum Gasteiger partial charge on any atom is 0.335 e. The molecule has 1 N–H and O–H groups in total. The molecular weight excluding hydrogens is 347 g/mol. The van der Waals surface area contributed by atoms with Gasteiger partial charge in [-0.15, -0.1) is 0 Å². The summed E-state index contributed by atoms with van der Waals surface area (Å²) < 4.78 is 5.23. The van der Waals surface area contributed by atoms with Crippen molar-refractivity contribution in [2.75, 3.05) is 6.61 Å². The monoisotopic (exact) mass is 364 g/mol. The molecule has 4 nitrogen and oxygen atoms in total. The van der Waals surface area contributed by atoms with E-state index in [9.17, 15) is 4.79 Å². The van der Waals surface area contributed by atoms with Crippen LogP contribution in [0, 0.1) is 6.57 Å². The molecule has 1 aliphatic rings. The van der Waals surface area contributed by atoms with Crippen LogP contribution in [0.15, 0.2) is 40.9 Å². The van der Waals surface area contributed by atoms with Gasteiger partial charge in [0.25, 0.3) is 0 Å². The van der Waals surface area contributed by atoms with E-state index in [-0.39, 0.29) is 6.61 Å². The second-order valence-corrected chi connectivity index (χ2v) is 6.16. The average Bonchev–Trinajstić information content (AvgIpc) is 2.54. The van der Waals surface area contributed by atoms with Crippen LogP contribution in [0.25, 0.3) is 4.85 Å². The summed E-state index contributed by atoms with van der Waals surface area (Å²) in [5, 5.41) is 4.08. The van der Waals surface area contributed by atoms with Crippen molar-refractivity contribution in [2.45, 2.75) is 33.1 Å². The predicted molar refractivity (Wildman–Crippen MR) is 95.6 cm³/mol. The number of benzene rings is 1. The maximum atomic E-state index is 12.6. The van der Waals surface area contributed by atoms with E-state index in [1.54, 1.807) is 25.1 Å². The van der Waals surface area contributed by atoms with E-state index in [0.29, 0.717) is 39.0 Å². The molecule has 1 aromatic carbocycles. The van der Waals surface area contributed by atoms with Crippen LogP contribution < -0.4 is 5.32 Å². The molecule has 1 unspecified atom stereocenters. The van der Waals surface area contributed by atoms with Crippen molar-refractivity contribution < 1.29 is 9.53 Å². The van der Waals surface area contributed by atoms with E-state index >= 15 is 0 Å². The third kappa shape index (κ3) is 3.43. The number of dihydropyridines is 1. The largest absolute Gasteiger partial charge is 0.463 e. The van der Waals surface area contributed by atoms with Crippen molar-refractivity contribution >= 4 is 29.2 Å². The molecule has 1 heterocycles. The first-order chi connectivity index (χ1) is 11.4. The second-order valence-electron chi connectivity index (χ2n) is 5.31. The molecule has 0 spiro atoms. The molecule has 0 saturated carbocycles. The molecule has 24 heavy (non-hydrogen) atoms. The topological polar surface area (TPSA) is 42.7 Å². The number of ether oxygens (including phenoxy) is 1. The van der Waals surface area contributed by atoms with Gasteiger partial charge in [-0.2, -0.15) is 0 Å². The molecule has 1 atom stereocenters. The first-order valence-electron chi connectivity index (χ1n) is 7.64. The fourth-order valence-electron chi connectivity index (χ4n) is 2.80. The number of rotatable bonds is 4. The number of carbonyl (C=O) groups is 1. The number of nitrogens with one attached hydrogen (secondary N) is 1. The van der Waals surface area contributed by atoms with Gasteiger partial charge in [0.2, 0.25) is 0 Å². The lowest BCUT2D eigenvalue weighted by Crippen LogP contribution is -2.29. The van der Waals surface area contributed by atoms with E-state index in [1.807, 2.05) is 13.8 Å². The van der Waals surface area contributed by atoms with Gasteiger partial charge in [-0.25, -0.2) is 9.64 Å². The summed E-state index contributed by atoms with van der Waals surface area (Å²) in [7, 11) is 0. The number of allylic oxidation sites excluding steroid dienone is 3. The molecule has 6 heteroatoms. The van der Waals surface area contributed by atoms with Gasteiger partial charge in [0, 0.05) is 21.4 Å². The first kappa shape index (κ1) is 18.4. The molecule has 0 amide bonds. The van der Waals surface area contributed by atoms with Crippen LogP contribution in [0.4, 0.5) is 0 Å². The van der Waals surface area contributed by atoms with E-state index in [2.05, 4.69) is 10.2 Å². The molecule has 126 valence electrons. The Kier molecular flexibility index (Phi) is 5.93. The smallest absolute Gasteiger partial charge is 0.335 e. The lowest BCUT2D eigenvalue weighted by Gasteiger charge is -2.29. The van der Waals surface area contributed by atoms with E-state index in [4.69, 9.17) is 34.5 Å². The normalized spacial score (nSPS) is 17.4. The number of carbonyl (C=O) groups excluding carboxylic acids is 1. The Hall–Kier alpha value is -1.96. The maximum absolute atomic E-state index is 12.6. The zero-order valence-corrected chi connectivity index (χ0v) is 15.3. The number of esters is 1. The third-order valence-electron chi connectivity index (χ3n) is 3.85. The van der Waals surface area contributed by atoms with Crippen LogP contribution in [0.5, 0.6) is 0 Å². The van der Waals surface area contributed by atoms with Crippen molar-refractivity contribution in [3.8, 4) is 0 Å². The SMILES string of the molecule is [C-]#[N+]C1=C(C)NC(CC)=C(C(=O)OCC)C1c1ccc(Cl)cc1Cl. The summed E-state index contributed by atoms with van der Waals surface area (Å²) >= 11 is 12.4. The van der Waals surface area contributed by atoms with Crippen molar-refractivity contribution in [1.82, 2.24) is 5.32 Å². The highest BCUT2D eigenvalue weighted by Gasteiger charge is 2.36. The molecule has 0 radical (unpaired) electrons. The molecule has 1 aromatic rings. The molecule has 0 aliphatic carbocycles. The van der Waals surface area contributed by atoms with E-state index in [1.165, 1.54) is 0 Å². The van der Waals surface area contributed by atoms with Crippen LogP contribution in [0.2, 0.25) is 10.0 Å². The zero-order valence-electron chi connectivity index (χ0n) is 13.7. The molecule has 0 saturated heterocycles. The van der Waals surface area contributed by atoms with Gasteiger partial charge in [-0.05, 0) is 38.0 Å². The van der Waals surface area contributed by atoms with Gasteiger partial charge in [0.15, 0.2) is 5.70 Å². The van der Waals surface area contributed by atoms with Crippen molar-refractivity contribution in [3.05, 3.63) is 67.9 Å². The highest BCUT2D eigenvalue weighted by Crippen LogP contribution is 2.42. The van der Waals surface area contributed by atoms with E-state index < -0.39 is 11.9 Å². The lowest BCUT2D eigenvalue weighted by atomic mass is 9.83. The van der Waals surface area contributed by atoms with E-state index in [0.717, 1.165) is 5.70 Å². The Balaban J connectivity index is 2.71. The quantitative estimate of drug-likeness (QED) is 0.599. The minimum atomic E-state index is -0.567. The highest BCUT2D eigenvalue weighted by molar-refractivity contribution is 6.35. The Bertz CT molecular complexity index is 776. The van der Waals surface area contributed by atoms with Gasteiger partial charge in [-0.1, -0.05) is 36.2 Å². The standard InChI is InChI=1S/C18H18Cl2N2O2/c1-5-14-16(18(23)24-6-2)15(17(21-4)10(3)22-14)12-8-7-11(19)9-13(12)20/h7-9,15,22H,5-6H2,1-3H3. The molecule has 1 aliphatic heterocycles. The minimum Gasteiger partial charge on any atom is -0.463 e. The van der Waals surface area contributed by atoms with Gasteiger partial charge in [0.1, 0.15) is 0 Å². The van der Waals surface area contributed by atoms with Gasteiger partial charge in [-0.3, -0.25) is 0 Å². The number of hydrogen-bond acceptors (Lipinski definition) is 3. The molecule has 0 aromatic heterocycles. The van der Waals surface area contributed by atoms with Crippen molar-refractivity contribution in [1.29, 1.82) is 0 Å². The molecule has 0 fully saturated rings. The summed E-state index contributed by atoms with van der Waals surface area (Å²) in [6.45, 7) is 13.3. The third-order valence-corrected chi connectivity index (χ3v) is 4.42. The lowest BCUT2D eigenvalue weighted by molar-refractivity contribution is -0.138. The summed E-state index contributed by atoms with van der Waals surface area (Å²) in [6.07, 6.45) is 0.610. The Morgan fingerprint density at radius 3 is 2.62 bits per heavy atom. The summed E-state index contributed by atoms with van der Waals surface area (Å²) in [5.41, 5.74) is 2.99. The summed E-state index contributed by atoms with van der Waals surface area (Å²) in [4.78, 5) is 16.2. The number of nitrogens with zero attached hydrogens (tertiary/aromatic N) is 1. The number of halogens is 2. The molecule has 0 bridgehead atoms. The average molecular weight is 365 g/mol.